The zero-order valence-electron chi connectivity index (χ0n) is 17.8. The summed E-state index contributed by atoms with van der Waals surface area (Å²) in [4.78, 5) is 12.9. The van der Waals surface area contributed by atoms with E-state index in [1.165, 1.54) is 28.5 Å². The number of aromatic nitrogens is 2. The van der Waals surface area contributed by atoms with E-state index in [1.54, 1.807) is 11.8 Å². The molecule has 0 saturated carbocycles. The molecule has 0 radical (unpaired) electrons. The van der Waals surface area contributed by atoms with Gasteiger partial charge >= 0.3 is 6.03 Å². The van der Waals surface area contributed by atoms with Gasteiger partial charge in [0.05, 0.1) is 19.3 Å². The van der Waals surface area contributed by atoms with Crippen LogP contribution in [0.3, 0.4) is 0 Å². The van der Waals surface area contributed by atoms with Crippen molar-refractivity contribution in [2.24, 2.45) is 9.50 Å². The lowest BCUT2D eigenvalue weighted by atomic mass is 9.99. The molecule has 3 aliphatic rings. The Balaban J connectivity index is 1.45. The van der Waals surface area contributed by atoms with Gasteiger partial charge in [-0.15, -0.1) is 4.36 Å². The number of nitrogens with one attached hydrogen (secondary N) is 1. The molecule has 166 valence electrons. The average molecular weight is 446 g/mol. The Hall–Kier alpha value is -2.43. The third kappa shape index (κ3) is 3.52. The van der Waals surface area contributed by atoms with Crippen LogP contribution in [0.15, 0.2) is 21.5 Å². The van der Waals surface area contributed by atoms with Crippen LogP contribution in [-0.2, 0) is 46.9 Å². The summed E-state index contributed by atoms with van der Waals surface area (Å²) in [6, 6.07) is 1.58. The van der Waals surface area contributed by atoms with Crippen molar-refractivity contribution in [1.29, 1.82) is 0 Å². The van der Waals surface area contributed by atoms with Crippen molar-refractivity contribution in [1.82, 2.24) is 9.78 Å². The molecule has 1 aliphatic heterocycles. The second kappa shape index (κ2) is 7.32. The van der Waals surface area contributed by atoms with E-state index in [9.17, 15) is 9.00 Å². The number of hydrogen-bond acceptors (Lipinski definition) is 5. The van der Waals surface area contributed by atoms with Crippen molar-refractivity contribution in [2.75, 3.05) is 19.0 Å². The molecule has 31 heavy (non-hydrogen) atoms. The van der Waals surface area contributed by atoms with Crippen LogP contribution < -0.4 is 15.2 Å². The van der Waals surface area contributed by atoms with E-state index < -0.39 is 21.5 Å². The summed E-state index contributed by atoms with van der Waals surface area (Å²) in [6.45, 7) is 2.64. The first-order valence-electron chi connectivity index (χ1n) is 10.6. The highest BCUT2D eigenvalue weighted by Crippen LogP contribution is 2.39. The van der Waals surface area contributed by atoms with Gasteiger partial charge in [0.25, 0.3) is 0 Å². The van der Waals surface area contributed by atoms with Gasteiger partial charge in [-0.1, -0.05) is 6.07 Å². The van der Waals surface area contributed by atoms with Crippen LogP contribution in [0.5, 0.6) is 5.88 Å². The van der Waals surface area contributed by atoms with E-state index in [0.717, 1.165) is 44.2 Å². The molecule has 0 spiro atoms. The summed E-state index contributed by atoms with van der Waals surface area (Å²) in [5, 5.41) is 13.2. The SMILES string of the molecule is COC[C@]1(C)Cn2ncc(S(N)(=O)=NC(=O)Nc3c4c(cc5c3CCC5)CCC4)c2O1. The highest BCUT2D eigenvalue weighted by atomic mass is 32.2. The molecule has 1 unspecified atom stereocenters. The maximum atomic E-state index is 13.2. The number of rotatable bonds is 4. The minimum atomic E-state index is -3.54. The predicted molar refractivity (Wildman–Crippen MR) is 116 cm³/mol. The molecule has 0 saturated heterocycles. The summed E-state index contributed by atoms with van der Waals surface area (Å²) >= 11 is 0. The summed E-state index contributed by atoms with van der Waals surface area (Å²) in [6.07, 6.45) is 7.42. The van der Waals surface area contributed by atoms with Crippen molar-refractivity contribution in [3.8, 4) is 5.88 Å². The van der Waals surface area contributed by atoms with E-state index >= 15 is 0 Å². The predicted octanol–water partition coefficient (Wildman–Crippen LogP) is 2.59. The Labute approximate surface area is 181 Å². The van der Waals surface area contributed by atoms with Crippen LogP contribution in [0.25, 0.3) is 0 Å². The Kier molecular flexibility index (Phi) is 4.83. The van der Waals surface area contributed by atoms with Gasteiger partial charge in [0, 0.05) is 12.8 Å². The first-order chi connectivity index (χ1) is 14.8. The number of anilines is 1. The number of hydrogen-bond donors (Lipinski definition) is 2. The molecule has 9 nitrogen and oxygen atoms in total. The van der Waals surface area contributed by atoms with Crippen molar-refractivity contribution in [3.63, 3.8) is 0 Å². The number of nitrogens with zero attached hydrogens (tertiary/aromatic N) is 3. The summed E-state index contributed by atoms with van der Waals surface area (Å²) in [7, 11) is -1.96. The van der Waals surface area contributed by atoms with Gasteiger partial charge in [-0.3, -0.25) is 0 Å². The molecule has 3 N–H and O–H groups in total. The van der Waals surface area contributed by atoms with Crippen molar-refractivity contribution in [2.45, 2.75) is 62.5 Å². The fourth-order valence-electron chi connectivity index (χ4n) is 5.01. The van der Waals surface area contributed by atoms with Crippen LogP contribution in [0.1, 0.15) is 42.0 Å². The van der Waals surface area contributed by atoms with Crippen molar-refractivity contribution < 1.29 is 18.5 Å². The van der Waals surface area contributed by atoms with Gasteiger partial charge < -0.3 is 14.8 Å². The highest BCUT2D eigenvalue weighted by molar-refractivity contribution is 7.91. The lowest BCUT2D eigenvalue weighted by Crippen LogP contribution is -2.36. The molecule has 10 heteroatoms. The van der Waals surface area contributed by atoms with Crippen LogP contribution in [0, 0.1) is 0 Å². The Morgan fingerprint density at radius 1 is 1.32 bits per heavy atom. The van der Waals surface area contributed by atoms with Crippen molar-refractivity contribution >= 4 is 21.6 Å². The first kappa shape index (κ1) is 20.5. The van der Waals surface area contributed by atoms with Crippen LogP contribution in [0.2, 0.25) is 0 Å². The number of fused-ring (bicyclic) bond motifs is 3. The number of nitrogens with two attached hydrogens (primary N) is 1. The number of urea groups is 1. The zero-order chi connectivity index (χ0) is 21.8. The Morgan fingerprint density at radius 2 is 2.00 bits per heavy atom. The second-order valence-electron chi connectivity index (χ2n) is 8.78. The molecular formula is C21H27N5O4S. The summed E-state index contributed by atoms with van der Waals surface area (Å²) < 4.78 is 29.8. The molecule has 2 atom stereocenters. The second-order valence-corrected chi connectivity index (χ2v) is 10.5. The summed E-state index contributed by atoms with van der Waals surface area (Å²) in [5.41, 5.74) is 5.15. The molecule has 2 amide bonds. The number of aryl methyl sites for hydroxylation is 2. The topological polar surface area (TPSA) is 121 Å². The largest absolute Gasteiger partial charge is 0.466 e. The molecule has 2 aliphatic carbocycles. The monoisotopic (exact) mass is 445 g/mol. The number of benzene rings is 1. The maximum Gasteiger partial charge on any atom is 0.354 e. The standard InChI is InChI=1S/C21H27N5O4S/c1-21(12-29-2)11-26-19(30-21)17(10-23-26)31(22,28)25-20(27)24-18-15-7-3-5-13(15)9-14-6-4-8-16(14)18/h9-10H,3-8,11-12H2,1-2H3,(H3,22,24,25,27,28)/t21-,31?/m0/s1. The fourth-order valence-corrected chi connectivity index (χ4v) is 5.99. The molecule has 1 aromatic carbocycles. The fraction of sp³-hybridized carbons (Fsp3) is 0.524. The molecular weight excluding hydrogens is 418 g/mol. The lowest BCUT2D eigenvalue weighted by molar-refractivity contribution is 0.0165. The smallest absolute Gasteiger partial charge is 0.354 e. The highest BCUT2D eigenvalue weighted by Gasteiger charge is 2.39. The minimum Gasteiger partial charge on any atom is -0.466 e. The van der Waals surface area contributed by atoms with Crippen LogP contribution >= 0.6 is 0 Å². The molecule has 5 rings (SSSR count). The van der Waals surface area contributed by atoms with E-state index in [0.29, 0.717) is 13.2 Å². The third-order valence-corrected chi connectivity index (χ3v) is 7.62. The van der Waals surface area contributed by atoms with Gasteiger partial charge in [-0.25, -0.2) is 18.8 Å². The quantitative estimate of drug-likeness (QED) is 0.749. The van der Waals surface area contributed by atoms with Crippen molar-refractivity contribution in [3.05, 3.63) is 34.5 Å². The van der Waals surface area contributed by atoms with Gasteiger partial charge in [0.2, 0.25) is 5.88 Å². The number of carbonyl (C=O) groups excluding carboxylic acids is 1. The van der Waals surface area contributed by atoms with Gasteiger partial charge in [-0.2, -0.15) is 5.10 Å². The molecule has 2 heterocycles. The minimum absolute atomic E-state index is 0.117. The number of carbonyl (C=O) groups is 1. The number of ether oxygens (including phenoxy) is 2. The normalized spacial score (nSPS) is 22.9. The van der Waals surface area contributed by atoms with Gasteiger partial charge in [0.15, 0.2) is 15.5 Å². The van der Waals surface area contributed by atoms with Gasteiger partial charge in [-0.05, 0) is 67.7 Å². The lowest BCUT2D eigenvalue weighted by Gasteiger charge is -2.21. The van der Waals surface area contributed by atoms with E-state index in [2.05, 4.69) is 20.8 Å². The van der Waals surface area contributed by atoms with E-state index in [4.69, 9.17) is 14.6 Å². The molecule has 0 bridgehead atoms. The molecule has 2 aromatic rings. The number of methoxy groups -OCH3 is 1. The van der Waals surface area contributed by atoms with Crippen LogP contribution in [-0.4, -0.2) is 39.3 Å². The van der Waals surface area contributed by atoms with E-state index in [-0.39, 0.29) is 10.8 Å². The average Bonchev–Trinajstić information content (AvgIpc) is 3.43. The zero-order valence-corrected chi connectivity index (χ0v) is 18.6. The Morgan fingerprint density at radius 3 is 2.65 bits per heavy atom. The Bertz CT molecular complexity index is 1160. The van der Waals surface area contributed by atoms with Crippen LogP contribution in [0.4, 0.5) is 10.5 Å². The number of amides is 2. The van der Waals surface area contributed by atoms with Gasteiger partial charge in [0.1, 0.15) is 4.90 Å². The maximum absolute atomic E-state index is 13.2. The first-order valence-corrected chi connectivity index (χ1v) is 12.1. The third-order valence-electron chi connectivity index (χ3n) is 6.28. The molecule has 1 aromatic heterocycles. The summed E-state index contributed by atoms with van der Waals surface area (Å²) in [5.74, 6) is 0.269. The molecule has 0 fully saturated rings. The van der Waals surface area contributed by atoms with E-state index in [1.807, 2.05) is 6.92 Å².